The van der Waals surface area contributed by atoms with E-state index in [0.717, 1.165) is 0 Å². The Bertz CT molecular complexity index is 392. The summed E-state index contributed by atoms with van der Waals surface area (Å²) in [5.41, 5.74) is 6.63. The summed E-state index contributed by atoms with van der Waals surface area (Å²) < 4.78 is 15.1. The standard InChI is InChI=1S/C12H17NO4/c1-8(7-15-2)17-11-6-9(12(14)16-3)4-5-10(11)13/h4-6,8H,7,13H2,1-3H3. The van der Waals surface area contributed by atoms with Crippen molar-refractivity contribution in [2.24, 2.45) is 0 Å². The van der Waals surface area contributed by atoms with Crippen LogP contribution in [0.1, 0.15) is 17.3 Å². The maximum absolute atomic E-state index is 11.3. The molecule has 17 heavy (non-hydrogen) atoms. The molecule has 5 nitrogen and oxygen atoms in total. The van der Waals surface area contributed by atoms with Gasteiger partial charge in [0, 0.05) is 7.11 Å². The molecule has 0 saturated carbocycles. The Morgan fingerprint density at radius 3 is 2.71 bits per heavy atom. The fraction of sp³-hybridized carbons (Fsp3) is 0.417. The second kappa shape index (κ2) is 6.10. The number of ether oxygens (including phenoxy) is 3. The number of nitrogens with two attached hydrogens (primary N) is 1. The molecule has 0 saturated heterocycles. The van der Waals surface area contributed by atoms with E-state index in [4.69, 9.17) is 15.2 Å². The summed E-state index contributed by atoms with van der Waals surface area (Å²) in [6.07, 6.45) is -0.143. The number of hydrogen-bond acceptors (Lipinski definition) is 5. The van der Waals surface area contributed by atoms with Gasteiger partial charge in [-0.05, 0) is 25.1 Å². The minimum atomic E-state index is -0.422. The van der Waals surface area contributed by atoms with E-state index < -0.39 is 5.97 Å². The van der Waals surface area contributed by atoms with Crippen molar-refractivity contribution >= 4 is 11.7 Å². The minimum Gasteiger partial charge on any atom is -0.486 e. The highest BCUT2D eigenvalue weighted by Gasteiger charge is 2.11. The quantitative estimate of drug-likeness (QED) is 0.622. The topological polar surface area (TPSA) is 70.8 Å². The minimum absolute atomic E-state index is 0.143. The van der Waals surface area contributed by atoms with Gasteiger partial charge in [-0.25, -0.2) is 4.79 Å². The lowest BCUT2D eigenvalue weighted by Gasteiger charge is -2.15. The molecule has 0 aliphatic heterocycles. The summed E-state index contributed by atoms with van der Waals surface area (Å²) in [5, 5.41) is 0. The molecule has 94 valence electrons. The molecule has 0 aliphatic rings. The fourth-order valence-electron chi connectivity index (χ4n) is 1.37. The maximum atomic E-state index is 11.3. The van der Waals surface area contributed by atoms with Gasteiger partial charge in [0.05, 0.1) is 25.0 Å². The Balaban J connectivity index is 2.86. The normalized spacial score (nSPS) is 11.9. The van der Waals surface area contributed by atoms with Crippen LogP contribution in [0.15, 0.2) is 18.2 Å². The third kappa shape index (κ3) is 3.64. The molecular weight excluding hydrogens is 222 g/mol. The van der Waals surface area contributed by atoms with E-state index in [-0.39, 0.29) is 6.10 Å². The first-order valence-corrected chi connectivity index (χ1v) is 5.22. The number of rotatable bonds is 5. The Labute approximate surface area is 100 Å². The summed E-state index contributed by atoms with van der Waals surface area (Å²) in [6, 6.07) is 4.77. The van der Waals surface area contributed by atoms with Gasteiger partial charge in [0.2, 0.25) is 0 Å². The zero-order valence-electron chi connectivity index (χ0n) is 10.2. The zero-order chi connectivity index (χ0) is 12.8. The molecule has 1 aromatic carbocycles. The molecule has 0 amide bonds. The van der Waals surface area contributed by atoms with E-state index in [2.05, 4.69) is 4.74 Å². The third-order valence-corrected chi connectivity index (χ3v) is 2.16. The highest BCUT2D eigenvalue weighted by Crippen LogP contribution is 2.24. The van der Waals surface area contributed by atoms with Gasteiger partial charge in [-0.15, -0.1) is 0 Å². The predicted molar refractivity (Wildman–Crippen MR) is 64.2 cm³/mol. The van der Waals surface area contributed by atoms with Crippen LogP contribution in [0.5, 0.6) is 5.75 Å². The molecule has 1 rings (SSSR count). The number of esters is 1. The van der Waals surface area contributed by atoms with Crippen molar-refractivity contribution in [3.05, 3.63) is 23.8 Å². The van der Waals surface area contributed by atoms with E-state index >= 15 is 0 Å². The van der Waals surface area contributed by atoms with E-state index in [1.807, 2.05) is 6.92 Å². The van der Waals surface area contributed by atoms with Crippen molar-refractivity contribution in [3.8, 4) is 5.75 Å². The summed E-state index contributed by atoms with van der Waals surface area (Å²) in [5.74, 6) is 0.0340. The van der Waals surface area contributed by atoms with Gasteiger partial charge in [-0.2, -0.15) is 0 Å². The Kier molecular flexibility index (Phi) is 4.78. The molecular formula is C12H17NO4. The first kappa shape index (κ1) is 13.3. The van der Waals surface area contributed by atoms with Crippen LogP contribution >= 0.6 is 0 Å². The van der Waals surface area contributed by atoms with Crippen LogP contribution in [0.2, 0.25) is 0 Å². The van der Waals surface area contributed by atoms with Crippen molar-refractivity contribution < 1.29 is 19.0 Å². The Morgan fingerprint density at radius 1 is 1.41 bits per heavy atom. The number of anilines is 1. The molecule has 0 radical (unpaired) electrons. The molecule has 2 N–H and O–H groups in total. The zero-order valence-corrected chi connectivity index (χ0v) is 10.2. The number of nitrogen functional groups attached to an aromatic ring is 1. The van der Waals surface area contributed by atoms with Gasteiger partial charge in [0.15, 0.2) is 0 Å². The average molecular weight is 239 g/mol. The van der Waals surface area contributed by atoms with Crippen molar-refractivity contribution in [1.29, 1.82) is 0 Å². The van der Waals surface area contributed by atoms with E-state index in [9.17, 15) is 4.79 Å². The SMILES string of the molecule is COCC(C)Oc1cc(C(=O)OC)ccc1N. The second-order valence-corrected chi connectivity index (χ2v) is 3.63. The molecule has 0 bridgehead atoms. The van der Waals surface area contributed by atoms with Crippen molar-refractivity contribution in [2.45, 2.75) is 13.0 Å². The molecule has 1 aromatic rings. The first-order chi connectivity index (χ1) is 8.08. The Morgan fingerprint density at radius 2 is 2.12 bits per heavy atom. The maximum Gasteiger partial charge on any atom is 0.337 e. The van der Waals surface area contributed by atoms with E-state index in [1.165, 1.54) is 7.11 Å². The summed E-state index contributed by atoms with van der Waals surface area (Å²) >= 11 is 0. The van der Waals surface area contributed by atoms with E-state index in [0.29, 0.717) is 23.6 Å². The van der Waals surface area contributed by atoms with Crippen LogP contribution in [-0.4, -0.2) is 32.9 Å². The third-order valence-electron chi connectivity index (χ3n) is 2.16. The number of carbonyl (C=O) groups excluding carboxylic acids is 1. The summed E-state index contributed by atoms with van der Waals surface area (Å²) in [4.78, 5) is 11.3. The Hall–Kier alpha value is -1.75. The molecule has 0 heterocycles. The smallest absolute Gasteiger partial charge is 0.337 e. The van der Waals surface area contributed by atoms with Crippen molar-refractivity contribution in [2.75, 3.05) is 26.6 Å². The van der Waals surface area contributed by atoms with Gasteiger partial charge < -0.3 is 19.9 Å². The van der Waals surface area contributed by atoms with Gasteiger partial charge in [-0.3, -0.25) is 0 Å². The summed E-state index contributed by atoms with van der Waals surface area (Å²) in [6.45, 7) is 2.30. The van der Waals surface area contributed by atoms with Crippen LogP contribution < -0.4 is 10.5 Å². The van der Waals surface area contributed by atoms with Crippen LogP contribution in [0.4, 0.5) is 5.69 Å². The van der Waals surface area contributed by atoms with Gasteiger partial charge in [0.1, 0.15) is 11.9 Å². The predicted octanol–water partition coefficient (Wildman–Crippen LogP) is 1.47. The number of methoxy groups -OCH3 is 2. The fourth-order valence-corrected chi connectivity index (χ4v) is 1.37. The lowest BCUT2D eigenvalue weighted by atomic mass is 10.2. The molecule has 5 heteroatoms. The van der Waals surface area contributed by atoms with E-state index in [1.54, 1.807) is 25.3 Å². The largest absolute Gasteiger partial charge is 0.486 e. The number of carbonyl (C=O) groups is 1. The van der Waals surface area contributed by atoms with Crippen molar-refractivity contribution in [1.82, 2.24) is 0 Å². The monoisotopic (exact) mass is 239 g/mol. The average Bonchev–Trinajstić information content (AvgIpc) is 2.31. The highest BCUT2D eigenvalue weighted by atomic mass is 16.5. The molecule has 0 aliphatic carbocycles. The van der Waals surface area contributed by atoms with Gasteiger partial charge >= 0.3 is 5.97 Å². The molecule has 1 atom stereocenters. The number of hydrogen-bond donors (Lipinski definition) is 1. The molecule has 1 unspecified atom stereocenters. The lowest BCUT2D eigenvalue weighted by molar-refractivity contribution is 0.0599. The molecule has 0 aromatic heterocycles. The number of benzene rings is 1. The van der Waals surface area contributed by atoms with Crippen LogP contribution in [0.25, 0.3) is 0 Å². The first-order valence-electron chi connectivity index (χ1n) is 5.22. The molecule has 0 fully saturated rings. The lowest BCUT2D eigenvalue weighted by Crippen LogP contribution is -2.19. The van der Waals surface area contributed by atoms with Crippen molar-refractivity contribution in [3.63, 3.8) is 0 Å². The van der Waals surface area contributed by atoms with Crippen LogP contribution in [-0.2, 0) is 9.47 Å². The molecule has 0 spiro atoms. The van der Waals surface area contributed by atoms with Crippen LogP contribution in [0, 0.1) is 0 Å². The highest BCUT2D eigenvalue weighted by molar-refractivity contribution is 5.90. The van der Waals surface area contributed by atoms with Gasteiger partial charge in [0.25, 0.3) is 0 Å². The summed E-state index contributed by atoms with van der Waals surface area (Å²) in [7, 11) is 2.92. The van der Waals surface area contributed by atoms with Gasteiger partial charge in [-0.1, -0.05) is 0 Å². The van der Waals surface area contributed by atoms with Crippen LogP contribution in [0.3, 0.4) is 0 Å². The second-order valence-electron chi connectivity index (χ2n) is 3.63.